The third-order valence-corrected chi connectivity index (χ3v) is 2.70. The van der Waals surface area contributed by atoms with Gasteiger partial charge in [-0.2, -0.15) is 0 Å². The Balaban J connectivity index is 2.90. The number of thiazole rings is 1. The van der Waals surface area contributed by atoms with Crippen LogP contribution in [0.4, 0.5) is 5.69 Å². The highest BCUT2D eigenvalue weighted by Gasteiger charge is 2.10. The van der Waals surface area contributed by atoms with Crippen LogP contribution in [0.2, 0.25) is 0 Å². The van der Waals surface area contributed by atoms with Crippen molar-refractivity contribution >= 4 is 27.2 Å². The molecule has 4 nitrogen and oxygen atoms in total. The molecule has 66 valence electrons. The van der Waals surface area contributed by atoms with Crippen molar-refractivity contribution in [2.45, 2.75) is 6.92 Å². The summed E-state index contributed by atoms with van der Waals surface area (Å²) in [6.45, 7) is 1.84. The second-order valence-corrected chi connectivity index (χ2v) is 3.81. The number of aromatic nitrogens is 1. The molecule has 0 spiro atoms. The highest BCUT2D eigenvalue weighted by atomic mass is 32.1. The number of hydrogen-bond acceptors (Lipinski definition) is 5. The van der Waals surface area contributed by atoms with Gasteiger partial charge in [-0.15, -0.1) is 16.2 Å². The molecular weight excluding hydrogens is 188 g/mol. The normalized spacial score (nSPS) is 10.5. The standard InChI is InChI=1S/C8H6N2O2S/c1-4-9-5-2-3-6(11)7(10-12)8(5)13-4/h2-3,11H,1H3. The summed E-state index contributed by atoms with van der Waals surface area (Å²) in [5.74, 6) is -0.0915. The molecule has 1 heterocycles. The van der Waals surface area contributed by atoms with E-state index in [-0.39, 0.29) is 11.4 Å². The molecule has 1 N–H and O–H groups in total. The van der Waals surface area contributed by atoms with Crippen LogP contribution in [0.5, 0.6) is 5.75 Å². The summed E-state index contributed by atoms with van der Waals surface area (Å²) < 4.78 is 0.646. The van der Waals surface area contributed by atoms with E-state index in [1.165, 1.54) is 17.4 Å². The van der Waals surface area contributed by atoms with Crippen LogP contribution in [0.25, 0.3) is 10.2 Å². The van der Waals surface area contributed by atoms with Gasteiger partial charge in [0.1, 0.15) is 5.75 Å². The molecule has 5 heteroatoms. The number of nitroso groups, excluding NO2 is 1. The van der Waals surface area contributed by atoms with Crippen LogP contribution in [0.1, 0.15) is 5.01 Å². The second-order valence-electron chi connectivity index (χ2n) is 2.61. The summed E-state index contributed by atoms with van der Waals surface area (Å²) >= 11 is 1.35. The molecule has 0 unspecified atom stereocenters. The first-order chi connectivity index (χ1) is 6.22. The van der Waals surface area contributed by atoms with Crippen molar-refractivity contribution in [3.63, 3.8) is 0 Å². The minimum atomic E-state index is -0.0915. The van der Waals surface area contributed by atoms with E-state index in [1.807, 2.05) is 6.92 Å². The van der Waals surface area contributed by atoms with E-state index in [0.717, 1.165) is 5.01 Å². The van der Waals surface area contributed by atoms with E-state index < -0.39 is 0 Å². The third-order valence-electron chi connectivity index (χ3n) is 1.71. The number of nitrogens with zero attached hydrogens (tertiary/aromatic N) is 2. The lowest BCUT2D eigenvalue weighted by molar-refractivity contribution is 0.477. The van der Waals surface area contributed by atoms with Gasteiger partial charge in [0.05, 0.1) is 15.2 Å². The summed E-state index contributed by atoms with van der Waals surface area (Å²) in [5.41, 5.74) is 0.790. The third kappa shape index (κ3) is 1.17. The predicted molar refractivity (Wildman–Crippen MR) is 51.5 cm³/mol. The van der Waals surface area contributed by atoms with E-state index in [2.05, 4.69) is 10.2 Å². The minimum Gasteiger partial charge on any atom is -0.505 e. The Morgan fingerprint density at radius 3 is 3.00 bits per heavy atom. The van der Waals surface area contributed by atoms with E-state index in [0.29, 0.717) is 10.2 Å². The van der Waals surface area contributed by atoms with Crippen molar-refractivity contribution in [1.82, 2.24) is 4.98 Å². The average molecular weight is 194 g/mol. The SMILES string of the molecule is Cc1nc2ccc(O)c(N=O)c2s1. The zero-order valence-electron chi connectivity index (χ0n) is 6.81. The van der Waals surface area contributed by atoms with Gasteiger partial charge >= 0.3 is 0 Å². The monoisotopic (exact) mass is 194 g/mol. The van der Waals surface area contributed by atoms with Crippen molar-refractivity contribution < 1.29 is 5.11 Å². The highest BCUT2D eigenvalue weighted by Crippen LogP contribution is 2.37. The Bertz CT molecular complexity index is 478. The number of phenols is 1. The first kappa shape index (κ1) is 8.12. The Hall–Kier alpha value is -1.49. The number of phenolic OH excluding ortho intramolecular Hbond substituents is 1. The first-order valence-corrected chi connectivity index (χ1v) is 4.46. The predicted octanol–water partition coefficient (Wildman–Crippen LogP) is 2.71. The lowest BCUT2D eigenvalue weighted by Gasteiger charge is -1.94. The Morgan fingerprint density at radius 2 is 2.31 bits per heavy atom. The molecule has 0 atom stereocenters. The van der Waals surface area contributed by atoms with Gasteiger partial charge < -0.3 is 5.11 Å². The summed E-state index contributed by atoms with van der Waals surface area (Å²) in [5, 5.41) is 12.9. The topological polar surface area (TPSA) is 62.6 Å². The van der Waals surface area contributed by atoms with Gasteiger partial charge in [0, 0.05) is 0 Å². The van der Waals surface area contributed by atoms with Crippen LogP contribution >= 0.6 is 11.3 Å². The zero-order valence-corrected chi connectivity index (χ0v) is 7.63. The summed E-state index contributed by atoms with van der Waals surface area (Å²) in [6.07, 6.45) is 0. The van der Waals surface area contributed by atoms with Crippen LogP contribution in [-0.2, 0) is 0 Å². The van der Waals surface area contributed by atoms with Gasteiger partial charge in [0.15, 0.2) is 5.69 Å². The van der Waals surface area contributed by atoms with Crippen molar-refractivity contribution in [1.29, 1.82) is 0 Å². The molecule has 13 heavy (non-hydrogen) atoms. The van der Waals surface area contributed by atoms with Gasteiger partial charge in [0.25, 0.3) is 0 Å². The Morgan fingerprint density at radius 1 is 1.54 bits per heavy atom. The van der Waals surface area contributed by atoms with Crippen molar-refractivity contribution in [3.05, 3.63) is 22.0 Å². The van der Waals surface area contributed by atoms with Crippen molar-refractivity contribution in [3.8, 4) is 5.75 Å². The van der Waals surface area contributed by atoms with Crippen molar-refractivity contribution in [2.24, 2.45) is 5.18 Å². The van der Waals surface area contributed by atoms with Gasteiger partial charge in [-0.05, 0) is 24.2 Å². The van der Waals surface area contributed by atoms with Gasteiger partial charge in [-0.1, -0.05) is 0 Å². The maximum Gasteiger partial charge on any atom is 0.168 e. The fourth-order valence-electron chi connectivity index (χ4n) is 1.17. The van der Waals surface area contributed by atoms with E-state index in [1.54, 1.807) is 6.07 Å². The van der Waals surface area contributed by atoms with Crippen LogP contribution in [0.3, 0.4) is 0 Å². The van der Waals surface area contributed by atoms with Crippen LogP contribution < -0.4 is 0 Å². The molecule has 0 radical (unpaired) electrons. The molecular formula is C8H6N2O2S. The van der Waals surface area contributed by atoms with Gasteiger partial charge in [-0.3, -0.25) is 0 Å². The van der Waals surface area contributed by atoms with Crippen LogP contribution in [0, 0.1) is 11.8 Å². The molecule has 0 aliphatic heterocycles. The number of rotatable bonds is 1. The fourth-order valence-corrected chi connectivity index (χ4v) is 2.06. The summed E-state index contributed by atoms with van der Waals surface area (Å²) in [4.78, 5) is 14.6. The number of aryl methyl sites for hydroxylation is 1. The summed E-state index contributed by atoms with van der Waals surface area (Å²) in [6, 6.07) is 3.10. The fraction of sp³-hybridized carbons (Fsp3) is 0.125. The summed E-state index contributed by atoms with van der Waals surface area (Å²) in [7, 11) is 0. The van der Waals surface area contributed by atoms with Gasteiger partial charge in [-0.25, -0.2) is 4.98 Å². The zero-order chi connectivity index (χ0) is 9.42. The largest absolute Gasteiger partial charge is 0.505 e. The molecule has 0 aliphatic carbocycles. The Kier molecular flexibility index (Phi) is 1.73. The molecule has 2 aromatic rings. The maximum absolute atomic E-state index is 10.4. The molecule has 0 aliphatic rings. The molecule has 0 saturated heterocycles. The van der Waals surface area contributed by atoms with Crippen LogP contribution in [0.15, 0.2) is 17.3 Å². The van der Waals surface area contributed by atoms with E-state index in [4.69, 9.17) is 0 Å². The quantitative estimate of drug-likeness (QED) is 0.710. The average Bonchev–Trinajstić information content (AvgIpc) is 2.45. The number of fused-ring (bicyclic) bond motifs is 1. The second kappa shape index (κ2) is 2.77. The number of aromatic hydroxyl groups is 1. The molecule has 0 saturated carbocycles. The molecule has 0 fully saturated rings. The van der Waals surface area contributed by atoms with Crippen LogP contribution in [-0.4, -0.2) is 10.1 Å². The lowest BCUT2D eigenvalue weighted by Crippen LogP contribution is -1.70. The highest BCUT2D eigenvalue weighted by molar-refractivity contribution is 7.19. The number of hydrogen-bond donors (Lipinski definition) is 1. The lowest BCUT2D eigenvalue weighted by atomic mass is 10.3. The first-order valence-electron chi connectivity index (χ1n) is 3.65. The Labute approximate surface area is 77.8 Å². The number of benzene rings is 1. The van der Waals surface area contributed by atoms with Crippen molar-refractivity contribution in [2.75, 3.05) is 0 Å². The van der Waals surface area contributed by atoms with E-state index >= 15 is 0 Å². The van der Waals surface area contributed by atoms with Gasteiger partial charge in [0.2, 0.25) is 0 Å². The molecule has 2 rings (SSSR count). The maximum atomic E-state index is 10.4. The molecule has 0 bridgehead atoms. The molecule has 0 amide bonds. The van der Waals surface area contributed by atoms with E-state index in [9.17, 15) is 10.0 Å². The minimum absolute atomic E-state index is 0.0862. The smallest absolute Gasteiger partial charge is 0.168 e. The molecule has 1 aromatic heterocycles. The molecule has 1 aromatic carbocycles.